The van der Waals surface area contributed by atoms with Gasteiger partial charge in [0.05, 0.1) is 34.4 Å². The Bertz CT molecular complexity index is 973. The van der Waals surface area contributed by atoms with Gasteiger partial charge in [0, 0.05) is 23.6 Å². The molecule has 0 radical (unpaired) electrons. The zero-order valence-electron chi connectivity index (χ0n) is 18.7. The van der Waals surface area contributed by atoms with Crippen LogP contribution in [0.3, 0.4) is 0 Å². The van der Waals surface area contributed by atoms with E-state index in [1.165, 1.54) is 12.8 Å². The number of amides is 1. The third-order valence-corrected chi connectivity index (χ3v) is 5.26. The molecule has 1 saturated carbocycles. The minimum absolute atomic E-state index is 0.0595. The lowest BCUT2D eigenvalue weighted by Gasteiger charge is -2.21. The van der Waals surface area contributed by atoms with E-state index in [2.05, 4.69) is 22.9 Å². The van der Waals surface area contributed by atoms with Crippen LogP contribution >= 0.6 is 0 Å². The first-order valence-corrected chi connectivity index (χ1v) is 10.6. The third kappa shape index (κ3) is 5.91. The van der Waals surface area contributed by atoms with Crippen molar-refractivity contribution in [2.24, 2.45) is 0 Å². The molecule has 0 spiro atoms. The van der Waals surface area contributed by atoms with E-state index in [0.29, 0.717) is 48.5 Å². The molecule has 1 amide bonds. The number of methoxy groups -OCH3 is 3. The summed E-state index contributed by atoms with van der Waals surface area (Å²) < 4.78 is 16.2. The number of aromatic nitrogens is 1. The van der Waals surface area contributed by atoms with Crippen molar-refractivity contribution in [2.75, 3.05) is 27.9 Å². The molecule has 0 aliphatic heterocycles. The van der Waals surface area contributed by atoms with Gasteiger partial charge in [0.25, 0.3) is 0 Å². The molecule has 1 aliphatic carbocycles. The fourth-order valence-electron chi connectivity index (χ4n) is 3.41. The van der Waals surface area contributed by atoms with Gasteiger partial charge in [0.2, 0.25) is 11.8 Å². The van der Waals surface area contributed by atoms with Gasteiger partial charge in [-0.05, 0) is 49.3 Å². The number of carbonyl (C=O) groups is 1. The van der Waals surface area contributed by atoms with E-state index in [-0.39, 0.29) is 5.91 Å². The number of rotatable bonds is 9. The molecular formula is C25H30N2O4. The molecule has 0 atom stereocenters. The average molecular weight is 423 g/mol. The van der Waals surface area contributed by atoms with E-state index in [1.807, 2.05) is 31.2 Å². The third-order valence-electron chi connectivity index (χ3n) is 5.26. The first kappa shape index (κ1) is 22.5. The molecule has 2 aromatic rings. The Hall–Kier alpha value is -3.20. The second-order valence-corrected chi connectivity index (χ2v) is 7.55. The predicted molar refractivity (Wildman–Crippen MR) is 120 cm³/mol. The van der Waals surface area contributed by atoms with Crippen LogP contribution in [0.4, 0.5) is 0 Å². The van der Waals surface area contributed by atoms with Crippen LogP contribution in [0.5, 0.6) is 17.4 Å². The van der Waals surface area contributed by atoms with Crippen molar-refractivity contribution in [3.05, 3.63) is 47.2 Å². The monoisotopic (exact) mass is 422 g/mol. The molecule has 1 aliphatic rings. The van der Waals surface area contributed by atoms with Gasteiger partial charge in [-0.25, -0.2) is 4.98 Å². The van der Waals surface area contributed by atoms with Gasteiger partial charge in [0.15, 0.2) is 0 Å². The first-order valence-electron chi connectivity index (χ1n) is 10.6. The van der Waals surface area contributed by atoms with E-state index in [1.54, 1.807) is 26.2 Å². The Morgan fingerprint density at radius 1 is 1.13 bits per heavy atom. The highest BCUT2D eigenvalue weighted by atomic mass is 16.5. The molecule has 0 saturated heterocycles. The summed E-state index contributed by atoms with van der Waals surface area (Å²) in [5, 5.41) is 0. The number of pyridine rings is 1. The highest BCUT2D eigenvalue weighted by molar-refractivity contribution is 5.76. The Balaban J connectivity index is 1.76. The van der Waals surface area contributed by atoms with E-state index in [9.17, 15) is 4.79 Å². The summed E-state index contributed by atoms with van der Waals surface area (Å²) in [7, 11) is 4.86. The molecule has 164 valence electrons. The Morgan fingerprint density at radius 3 is 2.58 bits per heavy atom. The van der Waals surface area contributed by atoms with Gasteiger partial charge >= 0.3 is 0 Å². The fraction of sp³-hybridized carbons (Fsp3) is 0.440. The van der Waals surface area contributed by atoms with Gasteiger partial charge in [-0.15, -0.1) is 0 Å². The molecule has 31 heavy (non-hydrogen) atoms. The number of benzene rings is 1. The van der Waals surface area contributed by atoms with Crippen LogP contribution in [-0.4, -0.2) is 43.7 Å². The Labute approximate surface area is 184 Å². The Kier molecular flexibility index (Phi) is 7.77. The summed E-state index contributed by atoms with van der Waals surface area (Å²) in [5.41, 5.74) is 2.70. The molecule has 6 heteroatoms. The van der Waals surface area contributed by atoms with E-state index in [4.69, 9.17) is 14.2 Å². The topological polar surface area (TPSA) is 60.9 Å². The molecule has 0 unspecified atom stereocenters. The molecule has 1 heterocycles. The zero-order chi connectivity index (χ0) is 22.2. The van der Waals surface area contributed by atoms with E-state index < -0.39 is 0 Å². The van der Waals surface area contributed by atoms with Gasteiger partial charge in [-0.2, -0.15) is 0 Å². The van der Waals surface area contributed by atoms with Gasteiger partial charge in [-0.1, -0.05) is 18.9 Å². The number of carbonyl (C=O) groups excluding carboxylic acids is 1. The minimum atomic E-state index is 0.0595. The van der Waals surface area contributed by atoms with Crippen molar-refractivity contribution in [1.82, 2.24) is 9.88 Å². The summed E-state index contributed by atoms with van der Waals surface area (Å²) in [6.07, 6.45) is 3.63. The van der Waals surface area contributed by atoms with E-state index >= 15 is 0 Å². The van der Waals surface area contributed by atoms with Crippen molar-refractivity contribution in [2.45, 2.75) is 45.1 Å². The molecular weight excluding hydrogens is 392 g/mol. The molecule has 3 rings (SSSR count). The van der Waals surface area contributed by atoms with Gasteiger partial charge < -0.3 is 19.1 Å². The molecule has 6 nitrogen and oxygen atoms in total. The summed E-state index contributed by atoms with van der Waals surface area (Å²) in [5.74, 6) is 8.85. The summed E-state index contributed by atoms with van der Waals surface area (Å²) >= 11 is 0. The van der Waals surface area contributed by atoms with Gasteiger partial charge in [-0.3, -0.25) is 4.79 Å². The van der Waals surface area contributed by atoms with Crippen molar-refractivity contribution in [3.8, 4) is 29.2 Å². The summed E-state index contributed by atoms with van der Waals surface area (Å²) in [6.45, 7) is 2.72. The highest BCUT2D eigenvalue weighted by Gasteiger charge is 2.27. The minimum Gasteiger partial charge on any atom is -0.497 e. The Morgan fingerprint density at radius 2 is 1.94 bits per heavy atom. The van der Waals surface area contributed by atoms with Crippen LogP contribution in [0.2, 0.25) is 0 Å². The normalized spacial score (nSPS) is 12.5. The maximum absolute atomic E-state index is 12.7. The number of nitrogens with zero attached hydrogens (tertiary/aromatic N) is 2. The fourth-order valence-corrected chi connectivity index (χ4v) is 3.41. The second-order valence-electron chi connectivity index (χ2n) is 7.55. The van der Waals surface area contributed by atoms with Crippen LogP contribution in [-0.2, 0) is 11.3 Å². The second kappa shape index (κ2) is 10.7. The van der Waals surface area contributed by atoms with Crippen molar-refractivity contribution in [1.29, 1.82) is 0 Å². The predicted octanol–water partition coefficient (Wildman–Crippen LogP) is 4.17. The largest absolute Gasteiger partial charge is 0.497 e. The van der Waals surface area contributed by atoms with Crippen LogP contribution in [0.15, 0.2) is 30.3 Å². The van der Waals surface area contributed by atoms with Gasteiger partial charge in [0.1, 0.15) is 17.2 Å². The van der Waals surface area contributed by atoms with Crippen molar-refractivity contribution < 1.29 is 19.0 Å². The zero-order valence-corrected chi connectivity index (χ0v) is 18.7. The standard InChI is InChI=1S/C25H30N2O4/c1-5-7-24(28)27(17-19-11-13-21(29-2)16-23(19)30-3)15-6-8-20-12-14-22(18-9-10-18)25(26-20)31-4/h11-14,16,18H,5,7,9-10,15,17H2,1-4H3. The lowest BCUT2D eigenvalue weighted by atomic mass is 10.1. The van der Waals surface area contributed by atoms with Crippen LogP contribution < -0.4 is 14.2 Å². The van der Waals surface area contributed by atoms with Crippen LogP contribution in [0.25, 0.3) is 0 Å². The maximum atomic E-state index is 12.7. The molecule has 1 aromatic heterocycles. The van der Waals surface area contributed by atoms with E-state index in [0.717, 1.165) is 17.5 Å². The average Bonchev–Trinajstić information content (AvgIpc) is 3.63. The number of ether oxygens (including phenoxy) is 3. The quantitative estimate of drug-likeness (QED) is 0.568. The van der Waals surface area contributed by atoms with Crippen molar-refractivity contribution >= 4 is 5.91 Å². The SMILES string of the molecule is CCCC(=O)N(CC#Cc1ccc(C2CC2)c(OC)n1)Cc1ccc(OC)cc1OC. The highest BCUT2D eigenvalue weighted by Crippen LogP contribution is 2.43. The van der Waals surface area contributed by atoms with Crippen LogP contribution in [0, 0.1) is 11.8 Å². The number of hydrogen-bond acceptors (Lipinski definition) is 5. The number of hydrogen-bond donors (Lipinski definition) is 0. The molecule has 0 N–H and O–H groups in total. The summed E-state index contributed by atoms with van der Waals surface area (Å²) in [4.78, 5) is 19.0. The first-order chi connectivity index (χ1) is 15.1. The van der Waals surface area contributed by atoms with Crippen molar-refractivity contribution in [3.63, 3.8) is 0 Å². The lowest BCUT2D eigenvalue weighted by Crippen LogP contribution is -2.30. The molecule has 1 aromatic carbocycles. The maximum Gasteiger partial charge on any atom is 0.223 e. The molecule has 1 fully saturated rings. The smallest absolute Gasteiger partial charge is 0.223 e. The lowest BCUT2D eigenvalue weighted by molar-refractivity contribution is -0.131. The summed E-state index contributed by atoms with van der Waals surface area (Å²) in [6, 6.07) is 9.58. The van der Waals surface area contributed by atoms with Crippen LogP contribution in [0.1, 0.15) is 55.3 Å². The molecule has 0 bridgehead atoms.